The molecule has 0 heterocycles. The molecule has 1 aromatic rings. The van der Waals surface area contributed by atoms with Crippen LogP contribution in [0.2, 0.25) is 0 Å². The van der Waals surface area contributed by atoms with Gasteiger partial charge in [-0.15, -0.1) is 0 Å². The summed E-state index contributed by atoms with van der Waals surface area (Å²) < 4.78 is 19.0. The minimum Gasteiger partial charge on any atom is -0.478 e. The molecule has 5 nitrogen and oxygen atoms in total. The molecule has 19 heavy (non-hydrogen) atoms. The molecule has 0 saturated heterocycles. The van der Waals surface area contributed by atoms with Crippen molar-refractivity contribution in [3.8, 4) is 0 Å². The lowest BCUT2D eigenvalue weighted by molar-refractivity contribution is 0.0691. The van der Waals surface area contributed by atoms with E-state index >= 15 is 0 Å². The number of halogens is 1. The summed E-state index contributed by atoms with van der Waals surface area (Å²) in [4.78, 5) is 12.5. The smallest absolute Gasteiger partial charge is 0.338 e. The molecule has 0 fully saturated rings. The van der Waals surface area contributed by atoms with E-state index in [1.54, 1.807) is 11.9 Å². The normalized spacial score (nSPS) is 10.8. The summed E-state index contributed by atoms with van der Waals surface area (Å²) in [5.74, 6) is -2.13. The fraction of sp³-hybridized carbons (Fsp3) is 0.462. The Kier molecular flexibility index (Phi) is 5.11. The highest BCUT2D eigenvalue weighted by Crippen LogP contribution is 2.25. The van der Waals surface area contributed by atoms with E-state index in [9.17, 15) is 9.18 Å². The summed E-state index contributed by atoms with van der Waals surface area (Å²) in [6.07, 6.45) is 0.122. The zero-order chi connectivity index (χ0) is 14.6. The van der Waals surface area contributed by atoms with Crippen LogP contribution >= 0.6 is 0 Å². The summed E-state index contributed by atoms with van der Waals surface area (Å²) >= 11 is 0. The highest BCUT2D eigenvalue weighted by atomic mass is 19.1. The van der Waals surface area contributed by atoms with Crippen molar-refractivity contribution in [2.75, 3.05) is 30.8 Å². The van der Waals surface area contributed by atoms with Gasteiger partial charge in [-0.3, -0.25) is 0 Å². The van der Waals surface area contributed by atoms with Gasteiger partial charge in [0.15, 0.2) is 0 Å². The summed E-state index contributed by atoms with van der Waals surface area (Å²) in [6.45, 7) is 4.87. The Balaban J connectivity index is 2.83. The van der Waals surface area contributed by atoms with Crippen molar-refractivity contribution < 1.29 is 19.0 Å². The van der Waals surface area contributed by atoms with E-state index < -0.39 is 17.3 Å². The number of carboxylic acids is 1. The zero-order valence-corrected chi connectivity index (χ0v) is 11.3. The molecule has 6 heteroatoms. The molecule has 0 aliphatic carbocycles. The van der Waals surface area contributed by atoms with Gasteiger partial charge in [-0.1, -0.05) is 0 Å². The van der Waals surface area contributed by atoms with Gasteiger partial charge < -0.3 is 20.5 Å². The molecule has 0 unspecified atom stereocenters. The van der Waals surface area contributed by atoms with Crippen LogP contribution in [0.3, 0.4) is 0 Å². The van der Waals surface area contributed by atoms with Gasteiger partial charge in [-0.25, -0.2) is 9.18 Å². The lowest BCUT2D eigenvalue weighted by atomic mass is 10.1. The third kappa shape index (κ3) is 4.10. The van der Waals surface area contributed by atoms with Gasteiger partial charge in [0.2, 0.25) is 0 Å². The van der Waals surface area contributed by atoms with Crippen molar-refractivity contribution in [3.63, 3.8) is 0 Å². The van der Waals surface area contributed by atoms with Gasteiger partial charge >= 0.3 is 5.97 Å². The second-order valence-electron chi connectivity index (χ2n) is 4.54. The molecule has 0 aliphatic rings. The van der Waals surface area contributed by atoms with E-state index in [1.807, 2.05) is 13.8 Å². The molecular weight excluding hydrogens is 251 g/mol. The molecule has 1 rings (SSSR count). The van der Waals surface area contributed by atoms with Crippen LogP contribution in [-0.2, 0) is 4.74 Å². The number of nitrogens with zero attached hydrogens (tertiary/aromatic N) is 1. The number of carbonyl (C=O) groups is 1. The van der Waals surface area contributed by atoms with E-state index in [-0.39, 0.29) is 11.8 Å². The summed E-state index contributed by atoms with van der Waals surface area (Å²) in [7, 11) is 1.75. The maximum Gasteiger partial charge on any atom is 0.338 e. The predicted molar refractivity (Wildman–Crippen MR) is 72.1 cm³/mol. The lowest BCUT2D eigenvalue weighted by Crippen LogP contribution is -2.25. The van der Waals surface area contributed by atoms with Crippen LogP contribution < -0.4 is 10.6 Å². The first-order valence-electron chi connectivity index (χ1n) is 5.98. The quantitative estimate of drug-likeness (QED) is 0.773. The third-order valence-corrected chi connectivity index (χ3v) is 2.64. The Hall–Kier alpha value is -1.82. The maximum absolute atomic E-state index is 13.6. The van der Waals surface area contributed by atoms with E-state index in [0.717, 1.165) is 12.1 Å². The Morgan fingerprint density at radius 3 is 2.68 bits per heavy atom. The molecule has 0 atom stereocenters. The fourth-order valence-electron chi connectivity index (χ4n) is 1.62. The molecule has 0 radical (unpaired) electrons. The van der Waals surface area contributed by atoms with Crippen molar-refractivity contribution in [2.24, 2.45) is 0 Å². The molecule has 0 saturated carbocycles. The number of hydrogen-bond acceptors (Lipinski definition) is 4. The monoisotopic (exact) mass is 270 g/mol. The van der Waals surface area contributed by atoms with Gasteiger partial charge in [0.1, 0.15) is 5.82 Å². The Morgan fingerprint density at radius 1 is 1.53 bits per heavy atom. The van der Waals surface area contributed by atoms with Gasteiger partial charge in [-0.05, 0) is 19.9 Å². The van der Waals surface area contributed by atoms with E-state index in [4.69, 9.17) is 15.6 Å². The summed E-state index contributed by atoms with van der Waals surface area (Å²) in [5.41, 5.74) is 6.01. The number of benzene rings is 1. The minimum absolute atomic E-state index is 0.122. The second kappa shape index (κ2) is 6.38. The molecule has 0 bridgehead atoms. The predicted octanol–water partition coefficient (Wildman–Crippen LogP) is 1.97. The van der Waals surface area contributed by atoms with Gasteiger partial charge in [0.05, 0.1) is 29.6 Å². The van der Waals surface area contributed by atoms with Crippen LogP contribution in [0, 0.1) is 5.82 Å². The van der Waals surface area contributed by atoms with Crippen LogP contribution in [0.1, 0.15) is 24.2 Å². The molecule has 0 spiro atoms. The topological polar surface area (TPSA) is 75.8 Å². The number of carboxylic acid groups (broad SMARTS) is 1. The average molecular weight is 270 g/mol. The Bertz CT molecular complexity index is 463. The van der Waals surface area contributed by atoms with Crippen LogP contribution in [0.5, 0.6) is 0 Å². The minimum atomic E-state index is -1.33. The number of aromatic carboxylic acids is 1. The molecule has 0 aliphatic heterocycles. The van der Waals surface area contributed by atoms with Crippen molar-refractivity contribution in [1.29, 1.82) is 0 Å². The first-order chi connectivity index (χ1) is 8.82. The molecule has 0 aromatic heterocycles. The third-order valence-electron chi connectivity index (χ3n) is 2.64. The average Bonchev–Trinajstić information content (AvgIpc) is 2.30. The molecule has 3 N–H and O–H groups in total. The van der Waals surface area contributed by atoms with Crippen molar-refractivity contribution >= 4 is 17.3 Å². The van der Waals surface area contributed by atoms with Gasteiger partial charge in [0.25, 0.3) is 0 Å². The van der Waals surface area contributed by atoms with Crippen LogP contribution in [0.4, 0.5) is 15.8 Å². The number of likely N-dealkylation sites (N-methyl/N-ethyl adjacent to an activating group) is 1. The van der Waals surface area contributed by atoms with Crippen molar-refractivity contribution in [2.45, 2.75) is 20.0 Å². The SMILES string of the molecule is CC(C)OCCN(C)c1cc(F)c(C(=O)O)cc1N. The number of rotatable bonds is 6. The number of nitrogen functional groups attached to an aromatic ring is 1. The number of anilines is 2. The van der Waals surface area contributed by atoms with Crippen LogP contribution in [0.25, 0.3) is 0 Å². The van der Waals surface area contributed by atoms with Crippen LogP contribution in [-0.4, -0.2) is 37.4 Å². The zero-order valence-electron chi connectivity index (χ0n) is 11.3. The Labute approximate surface area is 111 Å². The molecule has 0 amide bonds. The summed E-state index contributed by atoms with van der Waals surface area (Å²) in [6, 6.07) is 2.26. The largest absolute Gasteiger partial charge is 0.478 e. The molecule has 1 aromatic carbocycles. The second-order valence-corrected chi connectivity index (χ2v) is 4.54. The number of hydrogen-bond donors (Lipinski definition) is 2. The first-order valence-corrected chi connectivity index (χ1v) is 5.98. The fourth-order valence-corrected chi connectivity index (χ4v) is 1.62. The van der Waals surface area contributed by atoms with Crippen molar-refractivity contribution in [1.82, 2.24) is 0 Å². The lowest BCUT2D eigenvalue weighted by Gasteiger charge is -2.22. The Morgan fingerprint density at radius 2 is 2.16 bits per heavy atom. The van der Waals surface area contributed by atoms with E-state index in [0.29, 0.717) is 18.8 Å². The van der Waals surface area contributed by atoms with Gasteiger partial charge in [-0.2, -0.15) is 0 Å². The number of nitrogens with two attached hydrogens (primary N) is 1. The number of ether oxygens (including phenoxy) is 1. The first kappa shape index (κ1) is 15.2. The molecular formula is C13H19FN2O3. The highest BCUT2D eigenvalue weighted by molar-refractivity contribution is 5.90. The van der Waals surface area contributed by atoms with Gasteiger partial charge in [0, 0.05) is 19.7 Å². The molecule has 106 valence electrons. The van der Waals surface area contributed by atoms with E-state index in [2.05, 4.69) is 0 Å². The maximum atomic E-state index is 13.6. The summed E-state index contributed by atoms with van der Waals surface area (Å²) in [5, 5.41) is 8.79. The standard InChI is InChI=1S/C13H19FN2O3/c1-8(2)19-5-4-16(3)12-7-10(14)9(13(17)18)6-11(12)15/h6-8H,4-5,15H2,1-3H3,(H,17,18). The van der Waals surface area contributed by atoms with Crippen LogP contribution in [0.15, 0.2) is 12.1 Å². The van der Waals surface area contributed by atoms with E-state index in [1.165, 1.54) is 0 Å². The highest BCUT2D eigenvalue weighted by Gasteiger charge is 2.15. The van der Waals surface area contributed by atoms with Crippen molar-refractivity contribution in [3.05, 3.63) is 23.5 Å².